The second-order valence-electron chi connectivity index (χ2n) is 6.12. The molecule has 0 radical (unpaired) electrons. The molecular formula is C16H20N2O3. The smallest absolute Gasteiger partial charge is 0.428 e. The van der Waals surface area contributed by atoms with E-state index in [9.17, 15) is 4.79 Å². The number of carbonyl (C=O) groups excluding carboxylic acids is 1. The second-order valence-corrected chi connectivity index (χ2v) is 6.12. The molecule has 4 aliphatic rings. The Kier molecular flexibility index (Phi) is 3.22. The first-order valence-corrected chi connectivity index (χ1v) is 7.76. The molecule has 1 aromatic carbocycles. The number of ether oxygens (including phenoxy) is 1. The largest absolute Gasteiger partial charge is 0.533 e. The maximum Gasteiger partial charge on any atom is 0.533 e. The fraction of sp³-hybridized carbons (Fsp3) is 0.562. The van der Waals surface area contributed by atoms with Crippen LogP contribution in [0.2, 0.25) is 0 Å². The number of fused-ring (bicyclic) bond motifs is 4. The molecule has 5 rings (SSSR count). The first kappa shape index (κ1) is 13.0. The average Bonchev–Trinajstić information content (AvgIpc) is 2.92. The summed E-state index contributed by atoms with van der Waals surface area (Å²) in [4.78, 5) is 19.8. The molecule has 0 amide bonds. The maximum absolute atomic E-state index is 12.0. The summed E-state index contributed by atoms with van der Waals surface area (Å²) in [5.74, 6) is 0.508. The first-order chi connectivity index (χ1) is 10.3. The van der Waals surface area contributed by atoms with Gasteiger partial charge in [-0.3, -0.25) is 4.90 Å². The molecule has 1 unspecified atom stereocenters. The van der Waals surface area contributed by atoms with E-state index >= 15 is 0 Å². The van der Waals surface area contributed by atoms with Gasteiger partial charge >= 0.3 is 6.16 Å². The Morgan fingerprint density at radius 3 is 2.71 bits per heavy atom. The molecule has 3 saturated heterocycles. The molecule has 0 aromatic heterocycles. The van der Waals surface area contributed by atoms with Crippen LogP contribution < -0.4 is 5.06 Å². The molecule has 0 spiro atoms. The number of hydrogen-bond donors (Lipinski definition) is 0. The Labute approximate surface area is 124 Å². The fourth-order valence-corrected chi connectivity index (χ4v) is 3.68. The van der Waals surface area contributed by atoms with Crippen molar-refractivity contribution in [3.05, 3.63) is 29.8 Å². The predicted octanol–water partition coefficient (Wildman–Crippen LogP) is 2.21. The van der Waals surface area contributed by atoms with Gasteiger partial charge in [-0.1, -0.05) is 18.2 Å². The van der Waals surface area contributed by atoms with Gasteiger partial charge in [-0.25, -0.2) is 9.86 Å². The van der Waals surface area contributed by atoms with Crippen molar-refractivity contribution in [2.75, 3.05) is 31.2 Å². The molecule has 0 saturated carbocycles. The molecular weight excluding hydrogens is 268 g/mol. The third-order valence-corrected chi connectivity index (χ3v) is 4.87. The van der Waals surface area contributed by atoms with E-state index in [1.165, 1.54) is 5.56 Å². The number of carbonyl (C=O) groups is 1. The van der Waals surface area contributed by atoms with Gasteiger partial charge in [0.15, 0.2) is 0 Å². The third-order valence-electron chi connectivity index (χ3n) is 4.87. The summed E-state index contributed by atoms with van der Waals surface area (Å²) in [6.45, 7) is 3.84. The molecule has 0 N–H and O–H groups in total. The van der Waals surface area contributed by atoms with Crippen molar-refractivity contribution in [2.24, 2.45) is 5.92 Å². The molecule has 5 heteroatoms. The normalized spacial score (nSPS) is 30.1. The Hall–Kier alpha value is -1.75. The number of rotatable bonds is 2. The van der Waals surface area contributed by atoms with Gasteiger partial charge in [0.05, 0.1) is 12.2 Å². The standard InChI is InChI=1S/C16H20N2O3/c19-16(20-15-11-17-8-5-13(15)6-9-17)21-18-10-7-12-3-1-2-4-14(12)18/h1-4,13,15H,5-11H2. The van der Waals surface area contributed by atoms with Crippen LogP contribution in [0.4, 0.5) is 10.5 Å². The lowest BCUT2D eigenvalue weighted by Gasteiger charge is -2.43. The van der Waals surface area contributed by atoms with Gasteiger partial charge in [-0.05, 0) is 49.9 Å². The summed E-state index contributed by atoms with van der Waals surface area (Å²) in [6, 6.07) is 8.01. The lowest BCUT2D eigenvalue weighted by atomic mass is 9.86. The summed E-state index contributed by atoms with van der Waals surface area (Å²) < 4.78 is 5.56. The van der Waals surface area contributed by atoms with Crippen LogP contribution in [0.15, 0.2) is 24.3 Å². The van der Waals surface area contributed by atoms with Gasteiger partial charge in [-0.2, -0.15) is 0 Å². The minimum Gasteiger partial charge on any atom is -0.428 e. The molecule has 4 heterocycles. The highest BCUT2D eigenvalue weighted by Crippen LogP contribution is 2.31. The molecule has 5 nitrogen and oxygen atoms in total. The van der Waals surface area contributed by atoms with Crippen LogP contribution >= 0.6 is 0 Å². The van der Waals surface area contributed by atoms with Crippen LogP contribution in [0.5, 0.6) is 0 Å². The number of hydroxylamine groups is 1. The Morgan fingerprint density at radius 2 is 1.95 bits per heavy atom. The number of anilines is 1. The molecule has 1 atom stereocenters. The highest BCUT2D eigenvalue weighted by Gasteiger charge is 2.37. The summed E-state index contributed by atoms with van der Waals surface area (Å²) >= 11 is 0. The van der Waals surface area contributed by atoms with Crippen LogP contribution in [0.1, 0.15) is 18.4 Å². The molecule has 112 valence electrons. The minimum absolute atomic E-state index is 0.00199. The van der Waals surface area contributed by atoms with Crippen LogP contribution in [0.25, 0.3) is 0 Å². The molecule has 0 aliphatic carbocycles. The molecule has 21 heavy (non-hydrogen) atoms. The van der Waals surface area contributed by atoms with E-state index in [4.69, 9.17) is 9.57 Å². The van der Waals surface area contributed by atoms with Crippen molar-refractivity contribution in [1.82, 2.24) is 4.90 Å². The van der Waals surface area contributed by atoms with Crippen molar-refractivity contribution in [3.63, 3.8) is 0 Å². The highest BCUT2D eigenvalue weighted by molar-refractivity contribution is 5.65. The first-order valence-electron chi connectivity index (χ1n) is 7.76. The highest BCUT2D eigenvalue weighted by atomic mass is 16.8. The third kappa shape index (κ3) is 2.46. The van der Waals surface area contributed by atoms with Crippen molar-refractivity contribution in [2.45, 2.75) is 25.4 Å². The van der Waals surface area contributed by atoms with E-state index in [1.807, 2.05) is 18.2 Å². The summed E-state index contributed by atoms with van der Waals surface area (Å²) in [7, 11) is 0. The Morgan fingerprint density at radius 1 is 1.14 bits per heavy atom. The van der Waals surface area contributed by atoms with E-state index in [-0.39, 0.29) is 6.10 Å². The van der Waals surface area contributed by atoms with E-state index < -0.39 is 6.16 Å². The van der Waals surface area contributed by atoms with Crippen molar-refractivity contribution < 1.29 is 14.4 Å². The van der Waals surface area contributed by atoms with Gasteiger partial charge in [0.2, 0.25) is 0 Å². The molecule has 4 aliphatic heterocycles. The van der Waals surface area contributed by atoms with Crippen LogP contribution in [-0.4, -0.2) is 43.3 Å². The SMILES string of the molecule is O=C(OC1CN2CCC1CC2)ON1CCc2ccccc21. The lowest BCUT2D eigenvalue weighted by molar-refractivity contribution is -0.0602. The van der Waals surface area contributed by atoms with E-state index in [1.54, 1.807) is 5.06 Å². The van der Waals surface area contributed by atoms with Gasteiger partial charge in [0, 0.05) is 6.54 Å². The number of nitrogens with zero attached hydrogens (tertiary/aromatic N) is 2. The average molecular weight is 288 g/mol. The van der Waals surface area contributed by atoms with E-state index in [0.29, 0.717) is 12.5 Å². The van der Waals surface area contributed by atoms with Crippen LogP contribution in [0, 0.1) is 5.92 Å². The number of benzene rings is 1. The summed E-state index contributed by atoms with van der Waals surface area (Å²) in [5.41, 5.74) is 2.19. The molecule has 2 bridgehead atoms. The number of hydrogen-bond acceptors (Lipinski definition) is 5. The predicted molar refractivity (Wildman–Crippen MR) is 78.0 cm³/mol. The Balaban J connectivity index is 1.37. The minimum atomic E-state index is -0.564. The van der Waals surface area contributed by atoms with Crippen molar-refractivity contribution >= 4 is 11.8 Å². The Bertz CT molecular complexity index is 540. The number of piperidine rings is 3. The van der Waals surface area contributed by atoms with Crippen LogP contribution in [-0.2, 0) is 16.0 Å². The number of para-hydroxylation sites is 1. The van der Waals surface area contributed by atoms with E-state index in [0.717, 1.165) is 44.6 Å². The quantitative estimate of drug-likeness (QED) is 0.781. The zero-order valence-electron chi connectivity index (χ0n) is 12.0. The van der Waals surface area contributed by atoms with Crippen molar-refractivity contribution in [1.29, 1.82) is 0 Å². The topological polar surface area (TPSA) is 42.0 Å². The maximum atomic E-state index is 12.0. The van der Waals surface area contributed by atoms with Gasteiger partial charge < -0.3 is 9.57 Å². The van der Waals surface area contributed by atoms with Crippen molar-refractivity contribution in [3.8, 4) is 0 Å². The zero-order chi connectivity index (χ0) is 14.2. The monoisotopic (exact) mass is 288 g/mol. The van der Waals surface area contributed by atoms with Gasteiger partial charge in [-0.15, -0.1) is 0 Å². The second kappa shape index (κ2) is 5.22. The summed E-state index contributed by atoms with van der Waals surface area (Å²) in [6.07, 6.45) is 2.60. The van der Waals surface area contributed by atoms with Gasteiger partial charge in [0.25, 0.3) is 0 Å². The molecule has 1 aromatic rings. The van der Waals surface area contributed by atoms with Gasteiger partial charge in [0.1, 0.15) is 6.10 Å². The lowest BCUT2D eigenvalue weighted by Crippen LogP contribution is -2.52. The molecule has 3 fully saturated rings. The van der Waals surface area contributed by atoms with E-state index in [2.05, 4.69) is 11.0 Å². The summed E-state index contributed by atoms with van der Waals surface area (Å²) in [5, 5.41) is 1.65. The van der Waals surface area contributed by atoms with Crippen LogP contribution in [0.3, 0.4) is 0 Å². The fourth-order valence-electron chi connectivity index (χ4n) is 3.68. The zero-order valence-corrected chi connectivity index (χ0v) is 12.0.